The highest BCUT2D eigenvalue weighted by molar-refractivity contribution is 5.95. The number of amides is 1. The van der Waals surface area contributed by atoms with E-state index in [1.165, 1.54) is 0 Å². The molecule has 0 radical (unpaired) electrons. The molecule has 1 fully saturated rings. The van der Waals surface area contributed by atoms with Gasteiger partial charge in [-0.1, -0.05) is 36.4 Å². The summed E-state index contributed by atoms with van der Waals surface area (Å²) < 4.78 is 3.65. The first-order valence-electron chi connectivity index (χ1n) is 12.2. The van der Waals surface area contributed by atoms with Gasteiger partial charge in [0.05, 0.1) is 12.1 Å². The van der Waals surface area contributed by atoms with Gasteiger partial charge in [0.1, 0.15) is 11.3 Å². The van der Waals surface area contributed by atoms with E-state index in [4.69, 9.17) is 21.7 Å². The third-order valence-electron chi connectivity index (χ3n) is 7.13. The van der Waals surface area contributed by atoms with E-state index in [-0.39, 0.29) is 11.8 Å². The zero-order valence-electron chi connectivity index (χ0n) is 20.1. The van der Waals surface area contributed by atoms with Crippen molar-refractivity contribution in [2.45, 2.75) is 32.2 Å². The van der Waals surface area contributed by atoms with Gasteiger partial charge >= 0.3 is 0 Å². The number of likely N-dealkylation sites (tertiary alicyclic amines) is 1. The van der Waals surface area contributed by atoms with Gasteiger partial charge in [0.15, 0.2) is 11.6 Å². The Kier molecular flexibility index (Phi) is 5.32. The number of hydrogen-bond acceptors (Lipinski definition) is 6. The van der Waals surface area contributed by atoms with Crippen LogP contribution in [0.25, 0.3) is 27.5 Å². The molecule has 1 aliphatic heterocycles. The zero-order valence-corrected chi connectivity index (χ0v) is 20.1. The molecule has 36 heavy (non-hydrogen) atoms. The molecule has 182 valence electrons. The largest absolute Gasteiger partial charge is 0.383 e. The molecule has 6 rings (SSSR count). The second-order valence-corrected chi connectivity index (χ2v) is 9.42. The topological polar surface area (TPSA) is 120 Å². The van der Waals surface area contributed by atoms with E-state index >= 15 is 0 Å². The first-order valence-corrected chi connectivity index (χ1v) is 12.2. The minimum absolute atomic E-state index is 0.114. The van der Waals surface area contributed by atoms with E-state index in [9.17, 15) is 4.79 Å². The fourth-order valence-corrected chi connectivity index (χ4v) is 5.13. The number of anilines is 2. The molecule has 3 aromatic heterocycles. The number of aromatic nitrogens is 5. The van der Waals surface area contributed by atoms with Gasteiger partial charge in [-0.2, -0.15) is 10.2 Å². The van der Waals surface area contributed by atoms with Gasteiger partial charge in [0.25, 0.3) is 0 Å². The third kappa shape index (κ3) is 3.82. The number of benzene rings is 2. The van der Waals surface area contributed by atoms with E-state index in [0.717, 1.165) is 64.9 Å². The molecule has 0 bridgehead atoms. The van der Waals surface area contributed by atoms with Crippen molar-refractivity contribution in [3.63, 3.8) is 0 Å². The summed E-state index contributed by atoms with van der Waals surface area (Å²) in [6.07, 6.45) is 3.59. The van der Waals surface area contributed by atoms with Gasteiger partial charge in [-0.15, -0.1) is 0 Å². The summed E-state index contributed by atoms with van der Waals surface area (Å²) in [6.45, 7) is 3.67. The maximum absolute atomic E-state index is 11.7. The molecule has 0 unspecified atom stereocenters. The molecule has 2 aromatic carbocycles. The Morgan fingerprint density at radius 1 is 1.03 bits per heavy atom. The van der Waals surface area contributed by atoms with E-state index in [0.29, 0.717) is 18.2 Å². The van der Waals surface area contributed by atoms with Gasteiger partial charge in [-0.05, 0) is 42.2 Å². The van der Waals surface area contributed by atoms with Crippen LogP contribution in [0.4, 0.5) is 11.6 Å². The Balaban J connectivity index is 1.32. The number of nitrogens with zero attached hydrogens (tertiary/aromatic N) is 6. The number of fused-ring (bicyclic) bond motifs is 2. The van der Waals surface area contributed by atoms with Crippen molar-refractivity contribution in [1.29, 1.82) is 0 Å². The Morgan fingerprint density at radius 2 is 1.81 bits per heavy atom. The van der Waals surface area contributed by atoms with Crippen LogP contribution < -0.4 is 11.5 Å². The molecule has 9 heteroatoms. The predicted octanol–water partition coefficient (Wildman–Crippen LogP) is 3.68. The molecule has 0 atom stereocenters. The van der Waals surface area contributed by atoms with Crippen LogP contribution in [0.1, 0.15) is 37.1 Å². The lowest BCUT2D eigenvalue weighted by atomic mass is 9.96. The van der Waals surface area contributed by atoms with Crippen molar-refractivity contribution in [3.05, 3.63) is 72.2 Å². The Hall–Kier alpha value is -4.40. The van der Waals surface area contributed by atoms with Crippen LogP contribution >= 0.6 is 0 Å². The van der Waals surface area contributed by atoms with Gasteiger partial charge in [-0.25, -0.2) is 14.2 Å². The second kappa shape index (κ2) is 8.67. The van der Waals surface area contributed by atoms with E-state index < -0.39 is 0 Å². The van der Waals surface area contributed by atoms with Crippen LogP contribution in [0, 0.1) is 0 Å². The molecule has 1 amide bonds. The Bertz CT molecular complexity index is 1580. The minimum atomic E-state index is 0.114. The van der Waals surface area contributed by atoms with Crippen LogP contribution in [0.2, 0.25) is 0 Å². The molecule has 9 nitrogen and oxygen atoms in total. The lowest BCUT2D eigenvalue weighted by molar-refractivity contribution is -0.129. The number of rotatable bonds is 4. The Labute approximate surface area is 208 Å². The number of carbonyl (C=O) groups excluding carboxylic acids is 1. The molecule has 0 aliphatic carbocycles. The van der Waals surface area contributed by atoms with Crippen molar-refractivity contribution in [2.75, 3.05) is 24.6 Å². The third-order valence-corrected chi connectivity index (χ3v) is 7.13. The molecule has 4 heterocycles. The first kappa shape index (κ1) is 22.1. The average Bonchev–Trinajstić information content (AvgIpc) is 3.46. The highest BCUT2D eigenvalue weighted by atomic mass is 16.2. The lowest BCUT2D eigenvalue weighted by Crippen LogP contribution is -2.36. The van der Waals surface area contributed by atoms with Crippen molar-refractivity contribution in [1.82, 2.24) is 29.3 Å². The summed E-state index contributed by atoms with van der Waals surface area (Å²) >= 11 is 0. The van der Waals surface area contributed by atoms with Crippen LogP contribution in [-0.4, -0.2) is 48.3 Å². The fraction of sp³-hybridized carbons (Fsp3) is 0.259. The number of carbonyl (C=O) groups is 1. The molecule has 0 spiro atoms. The molecule has 4 N–H and O–H groups in total. The van der Waals surface area contributed by atoms with Gasteiger partial charge < -0.3 is 16.4 Å². The predicted molar refractivity (Wildman–Crippen MR) is 140 cm³/mol. The number of nitrogen functional groups attached to an aromatic ring is 2. The monoisotopic (exact) mass is 480 g/mol. The van der Waals surface area contributed by atoms with E-state index in [2.05, 4.69) is 17.1 Å². The number of hydrogen-bond donors (Lipinski definition) is 2. The van der Waals surface area contributed by atoms with Crippen LogP contribution in [-0.2, 0) is 11.3 Å². The van der Waals surface area contributed by atoms with Gasteiger partial charge in [-0.3, -0.25) is 4.79 Å². The van der Waals surface area contributed by atoms with E-state index in [1.54, 1.807) is 6.92 Å². The molecule has 1 saturated heterocycles. The highest BCUT2D eigenvalue weighted by Gasteiger charge is 2.25. The standard InChI is InChI=1S/C27H28N8O/c1-17(36)33-12-9-19(10-13-33)27-30-25(28)24-21(11-14-34(24)32-27)20-7-8-22-23(15-20)31-35(26(22)29)16-18-5-3-2-4-6-18/h2-8,11,14-15,19H,9-10,12-13,16,29H2,1H3,(H2,28,30,32). The maximum Gasteiger partial charge on any atom is 0.219 e. The maximum atomic E-state index is 11.7. The molecular formula is C27H28N8O. The molecular weight excluding hydrogens is 452 g/mol. The summed E-state index contributed by atoms with van der Waals surface area (Å²) in [4.78, 5) is 18.2. The number of piperidine rings is 1. The second-order valence-electron chi connectivity index (χ2n) is 9.42. The number of nitrogens with two attached hydrogens (primary N) is 2. The van der Waals surface area contributed by atoms with Crippen LogP contribution in [0.3, 0.4) is 0 Å². The summed E-state index contributed by atoms with van der Waals surface area (Å²) in [5, 5.41) is 10.5. The summed E-state index contributed by atoms with van der Waals surface area (Å²) in [5.74, 6) is 2.12. The highest BCUT2D eigenvalue weighted by Crippen LogP contribution is 2.33. The summed E-state index contributed by atoms with van der Waals surface area (Å²) in [7, 11) is 0. The molecule has 1 aliphatic rings. The van der Waals surface area contributed by atoms with E-state index in [1.807, 2.05) is 62.8 Å². The Morgan fingerprint density at radius 3 is 2.56 bits per heavy atom. The van der Waals surface area contributed by atoms with Crippen molar-refractivity contribution in [3.8, 4) is 11.1 Å². The quantitative estimate of drug-likeness (QED) is 0.405. The minimum Gasteiger partial charge on any atom is -0.383 e. The van der Waals surface area contributed by atoms with Crippen molar-refractivity contribution < 1.29 is 4.79 Å². The SMILES string of the molecule is CC(=O)N1CCC(c2nc(N)c3c(-c4ccc5c(N)n(Cc6ccccc6)nc5c4)ccn3n2)CC1. The normalized spacial score (nSPS) is 14.6. The van der Waals surface area contributed by atoms with Crippen LogP contribution in [0.5, 0.6) is 0 Å². The van der Waals surface area contributed by atoms with Crippen LogP contribution in [0.15, 0.2) is 60.8 Å². The summed E-state index contributed by atoms with van der Waals surface area (Å²) in [6, 6.07) is 18.2. The fourth-order valence-electron chi connectivity index (χ4n) is 5.13. The lowest BCUT2D eigenvalue weighted by Gasteiger charge is -2.30. The van der Waals surface area contributed by atoms with Gasteiger partial charge in [0.2, 0.25) is 5.91 Å². The zero-order chi connectivity index (χ0) is 24.8. The average molecular weight is 481 g/mol. The van der Waals surface area contributed by atoms with Gasteiger partial charge in [0, 0.05) is 43.1 Å². The molecule has 0 saturated carbocycles. The van der Waals surface area contributed by atoms with Crippen molar-refractivity contribution >= 4 is 34.0 Å². The first-order chi connectivity index (χ1) is 17.5. The van der Waals surface area contributed by atoms with Crippen molar-refractivity contribution in [2.24, 2.45) is 0 Å². The molecule has 5 aromatic rings. The smallest absolute Gasteiger partial charge is 0.219 e. The summed E-state index contributed by atoms with van der Waals surface area (Å²) in [5.41, 5.74) is 17.6.